The van der Waals surface area contributed by atoms with Crippen LogP contribution in [0.4, 0.5) is 0 Å². The first-order valence-corrected chi connectivity index (χ1v) is 9.32. The highest BCUT2D eigenvalue weighted by molar-refractivity contribution is 5.85. The molecule has 1 heterocycles. The summed E-state index contributed by atoms with van der Waals surface area (Å²) in [5, 5.41) is 9.35. The van der Waals surface area contributed by atoms with E-state index in [1.807, 2.05) is 42.5 Å². The third kappa shape index (κ3) is 3.18. The highest BCUT2D eigenvalue weighted by Gasteiger charge is 2.45. The normalized spacial score (nSPS) is 16.9. The zero-order chi connectivity index (χ0) is 20.4. The predicted octanol–water partition coefficient (Wildman–Crippen LogP) is 3.33. The first-order valence-electron chi connectivity index (χ1n) is 9.32. The zero-order valence-electron chi connectivity index (χ0n) is 15.9. The van der Waals surface area contributed by atoms with E-state index >= 15 is 0 Å². The van der Waals surface area contributed by atoms with Crippen LogP contribution in [0.3, 0.4) is 0 Å². The Labute approximate surface area is 167 Å². The molecule has 7 heteroatoms. The van der Waals surface area contributed by atoms with E-state index in [9.17, 15) is 14.7 Å². The number of ether oxygens (including phenoxy) is 2. The van der Waals surface area contributed by atoms with Gasteiger partial charge in [-0.1, -0.05) is 24.3 Å². The van der Waals surface area contributed by atoms with Gasteiger partial charge in [-0.25, -0.2) is 9.97 Å². The molecule has 0 fully saturated rings. The minimum atomic E-state index is -0.884. The van der Waals surface area contributed by atoms with Gasteiger partial charge in [-0.3, -0.25) is 9.59 Å². The van der Waals surface area contributed by atoms with Crippen molar-refractivity contribution < 1.29 is 24.2 Å². The quantitative estimate of drug-likeness (QED) is 0.464. The number of aromatic nitrogens is 2. The Morgan fingerprint density at radius 3 is 2.72 bits per heavy atom. The lowest BCUT2D eigenvalue weighted by Gasteiger charge is -2.30. The topological polar surface area (TPSA) is 98.6 Å². The summed E-state index contributed by atoms with van der Waals surface area (Å²) >= 11 is 0. The molecule has 148 valence electrons. The van der Waals surface area contributed by atoms with Gasteiger partial charge in [-0.2, -0.15) is 0 Å². The fourth-order valence-corrected chi connectivity index (χ4v) is 4.15. The maximum Gasteiger partial charge on any atom is 0.303 e. The fourth-order valence-electron chi connectivity index (χ4n) is 4.15. The van der Waals surface area contributed by atoms with Crippen LogP contribution >= 0.6 is 0 Å². The number of methoxy groups -OCH3 is 1. The lowest BCUT2D eigenvalue weighted by molar-refractivity contribution is -0.137. The largest absolute Gasteiger partial charge is 0.497 e. The molecular weight excluding hydrogens is 372 g/mol. The third-order valence-electron chi connectivity index (χ3n) is 5.50. The molecule has 1 aromatic heterocycles. The van der Waals surface area contributed by atoms with Crippen molar-refractivity contribution in [3.63, 3.8) is 0 Å². The SMILES string of the molecule is COc1ccc2nc3c(nc2c1)-c1ccccc1C3(CCOC=O)CCC(=O)O. The Kier molecular flexibility index (Phi) is 4.88. The number of hydrogen-bond donors (Lipinski definition) is 1. The number of carboxylic acids is 1. The number of fused-ring (bicyclic) bond motifs is 4. The van der Waals surface area contributed by atoms with Gasteiger partial charge in [-0.05, 0) is 30.5 Å². The molecule has 29 heavy (non-hydrogen) atoms. The molecule has 0 amide bonds. The van der Waals surface area contributed by atoms with E-state index in [0.717, 1.165) is 22.5 Å². The van der Waals surface area contributed by atoms with E-state index in [2.05, 4.69) is 0 Å². The number of aliphatic carboxylic acids is 1. The number of carbonyl (C=O) groups is 2. The molecule has 7 nitrogen and oxygen atoms in total. The maximum absolute atomic E-state index is 11.4. The second-order valence-corrected chi connectivity index (χ2v) is 7.01. The van der Waals surface area contributed by atoms with E-state index in [4.69, 9.17) is 19.4 Å². The fraction of sp³-hybridized carbons (Fsp3) is 0.273. The highest BCUT2D eigenvalue weighted by Crippen LogP contribution is 2.52. The summed E-state index contributed by atoms with van der Waals surface area (Å²) in [5.74, 6) is -0.195. The van der Waals surface area contributed by atoms with Crippen molar-refractivity contribution in [3.05, 3.63) is 53.7 Å². The van der Waals surface area contributed by atoms with Crippen molar-refractivity contribution in [2.75, 3.05) is 13.7 Å². The number of carboxylic acid groups (broad SMARTS) is 1. The van der Waals surface area contributed by atoms with Crippen LogP contribution in [0.25, 0.3) is 22.3 Å². The van der Waals surface area contributed by atoms with Crippen LogP contribution in [0, 0.1) is 0 Å². The van der Waals surface area contributed by atoms with E-state index in [1.54, 1.807) is 7.11 Å². The van der Waals surface area contributed by atoms with Gasteiger partial charge >= 0.3 is 5.97 Å². The molecular formula is C22H20N2O5. The van der Waals surface area contributed by atoms with Crippen molar-refractivity contribution in [3.8, 4) is 17.0 Å². The first-order chi connectivity index (χ1) is 14.1. The van der Waals surface area contributed by atoms with E-state index in [1.165, 1.54) is 0 Å². The van der Waals surface area contributed by atoms with E-state index in [0.29, 0.717) is 36.1 Å². The van der Waals surface area contributed by atoms with Gasteiger partial charge in [0.1, 0.15) is 5.75 Å². The third-order valence-corrected chi connectivity index (χ3v) is 5.50. The summed E-state index contributed by atoms with van der Waals surface area (Å²) in [6.07, 6.45) is 0.738. The van der Waals surface area contributed by atoms with Gasteiger partial charge in [0, 0.05) is 23.5 Å². The van der Waals surface area contributed by atoms with Gasteiger partial charge in [0.05, 0.1) is 36.1 Å². The molecule has 0 saturated carbocycles. The smallest absolute Gasteiger partial charge is 0.303 e. The van der Waals surface area contributed by atoms with Crippen molar-refractivity contribution in [1.29, 1.82) is 0 Å². The van der Waals surface area contributed by atoms with Crippen LogP contribution in [0.5, 0.6) is 5.75 Å². The Morgan fingerprint density at radius 1 is 1.14 bits per heavy atom. The van der Waals surface area contributed by atoms with Crippen LogP contribution in [-0.4, -0.2) is 41.2 Å². The van der Waals surface area contributed by atoms with Gasteiger partial charge < -0.3 is 14.6 Å². The average molecular weight is 392 g/mol. The second-order valence-electron chi connectivity index (χ2n) is 7.01. The molecule has 0 aliphatic heterocycles. The molecule has 3 aromatic rings. The number of benzene rings is 2. The van der Waals surface area contributed by atoms with Gasteiger partial charge in [0.25, 0.3) is 6.47 Å². The standard InChI is InChI=1S/C22H20N2O5/c1-28-14-6-7-17-18(12-14)23-20-15-4-2-3-5-16(15)22(21(20)24-17,9-8-19(26)27)10-11-29-13-25/h2-7,12-13H,8-11H2,1H3,(H,26,27). The Morgan fingerprint density at radius 2 is 1.97 bits per heavy atom. The minimum Gasteiger partial charge on any atom is -0.497 e. The number of carbonyl (C=O) groups excluding carboxylic acids is 1. The van der Waals surface area contributed by atoms with E-state index < -0.39 is 11.4 Å². The molecule has 2 aromatic carbocycles. The number of hydrogen-bond acceptors (Lipinski definition) is 6. The van der Waals surface area contributed by atoms with Gasteiger partial charge in [0.15, 0.2) is 0 Å². The minimum absolute atomic E-state index is 0.0306. The molecule has 1 aliphatic carbocycles. The van der Waals surface area contributed by atoms with Crippen LogP contribution in [0.15, 0.2) is 42.5 Å². The van der Waals surface area contributed by atoms with Crippen LogP contribution in [-0.2, 0) is 19.7 Å². The molecule has 1 unspecified atom stereocenters. The molecule has 0 spiro atoms. The van der Waals surface area contributed by atoms with E-state index in [-0.39, 0.29) is 13.0 Å². The maximum atomic E-state index is 11.4. The lowest BCUT2D eigenvalue weighted by Crippen LogP contribution is -2.29. The molecule has 4 rings (SSSR count). The summed E-state index contributed by atoms with van der Waals surface area (Å²) in [6, 6.07) is 13.3. The molecule has 0 saturated heterocycles. The Balaban J connectivity index is 1.94. The van der Waals surface area contributed by atoms with Crippen LogP contribution in [0.2, 0.25) is 0 Å². The lowest BCUT2D eigenvalue weighted by atomic mass is 9.74. The second kappa shape index (κ2) is 7.50. The summed E-state index contributed by atoms with van der Waals surface area (Å²) in [5.41, 5.74) is 4.08. The summed E-state index contributed by atoms with van der Waals surface area (Å²) in [4.78, 5) is 31.9. The monoisotopic (exact) mass is 392 g/mol. The zero-order valence-corrected chi connectivity index (χ0v) is 15.9. The summed E-state index contributed by atoms with van der Waals surface area (Å²) in [6.45, 7) is 0.574. The van der Waals surface area contributed by atoms with Crippen molar-refractivity contribution in [2.45, 2.75) is 24.7 Å². The molecule has 1 atom stereocenters. The summed E-state index contributed by atoms with van der Waals surface area (Å²) < 4.78 is 10.3. The number of nitrogens with zero attached hydrogens (tertiary/aromatic N) is 2. The predicted molar refractivity (Wildman–Crippen MR) is 106 cm³/mol. The highest BCUT2D eigenvalue weighted by atomic mass is 16.5. The van der Waals surface area contributed by atoms with Gasteiger partial charge in [0.2, 0.25) is 0 Å². The van der Waals surface area contributed by atoms with Crippen LogP contribution < -0.4 is 4.74 Å². The molecule has 1 aliphatic rings. The Hall–Kier alpha value is -3.48. The summed E-state index contributed by atoms with van der Waals surface area (Å²) in [7, 11) is 1.60. The molecule has 1 N–H and O–H groups in total. The average Bonchev–Trinajstić information content (AvgIpc) is 3.00. The molecule has 0 radical (unpaired) electrons. The first kappa shape index (κ1) is 18.9. The Bertz CT molecular complexity index is 1100. The van der Waals surface area contributed by atoms with Crippen LogP contribution in [0.1, 0.15) is 30.5 Å². The molecule has 0 bridgehead atoms. The van der Waals surface area contributed by atoms with Crippen molar-refractivity contribution in [2.24, 2.45) is 0 Å². The van der Waals surface area contributed by atoms with Gasteiger partial charge in [-0.15, -0.1) is 0 Å². The van der Waals surface area contributed by atoms with Crippen molar-refractivity contribution in [1.82, 2.24) is 9.97 Å². The number of rotatable bonds is 8. The van der Waals surface area contributed by atoms with Crippen molar-refractivity contribution >= 4 is 23.5 Å².